The zero-order valence-corrected chi connectivity index (χ0v) is 30.3. The van der Waals surface area contributed by atoms with Crippen molar-refractivity contribution in [3.05, 3.63) is 11.6 Å². The molecule has 5 aliphatic carbocycles. The molecule has 4 heterocycles. The van der Waals surface area contributed by atoms with E-state index in [4.69, 9.17) is 33.2 Å². The molecule has 8 fully saturated rings. The van der Waals surface area contributed by atoms with Crippen molar-refractivity contribution < 1.29 is 53.3 Å². The van der Waals surface area contributed by atoms with Gasteiger partial charge in [-0.15, -0.1) is 0 Å². The van der Waals surface area contributed by atoms with Gasteiger partial charge < -0.3 is 48.5 Å². The third-order valence-corrected chi connectivity index (χ3v) is 16.3. The number of hydrogen-bond acceptors (Lipinski definition) is 11. The van der Waals surface area contributed by atoms with E-state index in [1.165, 1.54) is 5.57 Å². The molecule has 0 aromatic rings. The van der Waals surface area contributed by atoms with Crippen LogP contribution >= 0.6 is 0 Å². The molecule has 18 unspecified atom stereocenters. The van der Waals surface area contributed by atoms with Gasteiger partial charge in [0.05, 0.1) is 18.8 Å². The van der Waals surface area contributed by atoms with Gasteiger partial charge in [-0.1, -0.05) is 46.3 Å². The molecule has 11 nitrogen and oxygen atoms in total. The van der Waals surface area contributed by atoms with Gasteiger partial charge in [-0.3, -0.25) is 4.79 Å². The molecule has 18 atom stereocenters. The zero-order chi connectivity index (χ0) is 34.9. The second kappa shape index (κ2) is 10.1. The molecule has 274 valence electrons. The highest BCUT2D eigenvalue weighted by atomic mass is 16.8. The van der Waals surface area contributed by atoms with Gasteiger partial charge in [-0.25, -0.2) is 0 Å². The lowest BCUT2D eigenvalue weighted by atomic mass is 9.44. The Morgan fingerprint density at radius 1 is 0.980 bits per heavy atom. The number of aliphatic hydroxyl groups excluding tert-OH is 3. The molecule has 3 N–H and O–H groups in total. The Hall–Kier alpha value is -1.15. The Balaban J connectivity index is 1.05. The van der Waals surface area contributed by atoms with E-state index in [1.54, 1.807) is 14.0 Å². The third kappa shape index (κ3) is 3.93. The molecular weight excluding hydrogens is 632 g/mol. The summed E-state index contributed by atoms with van der Waals surface area (Å²) in [6.45, 7) is 15.2. The number of epoxide rings is 1. The number of allylic oxidation sites excluding steroid dienone is 2. The Morgan fingerprint density at radius 2 is 1.73 bits per heavy atom. The Bertz CT molecular complexity index is 1470. The summed E-state index contributed by atoms with van der Waals surface area (Å²) in [5.74, 6) is -0.345. The van der Waals surface area contributed by atoms with E-state index in [1.807, 2.05) is 6.92 Å². The zero-order valence-electron chi connectivity index (χ0n) is 30.3. The summed E-state index contributed by atoms with van der Waals surface area (Å²) in [5, 5.41) is 31.0. The molecule has 49 heavy (non-hydrogen) atoms. The normalized spacial score (nSPS) is 60.6. The lowest BCUT2D eigenvalue weighted by Gasteiger charge is -2.62. The number of fused-ring (bicyclic) bond motifs is 6. The van der Waals surface area contributed by atoms with Crippen LogP contribution in [0.25, 0.3) is 0 Å². The average molecular weight is 689 g/mol. The van der Waals surface area contributed by atoms with Crippen molar-refractivity contribution in [3.63, 3.8) is 0 Å². The monoisotopic (exact) mass is 688 g/mol. The summed E-state index contributed by atoms with van der Waals surface area (Å²) in [6, 6.07) is 0. The van der Waals surface area contributed by atoms with Gasteiger partial charge in [0.15, 0.2) is 12.6 Å². The van der Waals surface area contributed by atoms with Crippen LogP contribution in [-0.2, 0) is 38.0 Å². The summed E-state index contributed by atoms with van der Waals surface area (Å²) < 4.78 is 44.3. The van der Waals surface area contributed by atoms with Gasteiger partial charge in [0, 0.05) is 36.7 Å². The van der Waals surface area contributed by atoms with Crippen molar-refractivity contribution >= 4 is 5.97 Å². The quantitative estimate of drug-likeness (QED) is 0.226. The van der Waals surface area contributed by atoms with Gasteiger partial charge in [0.2, 0.25) is 5.79 Å². The van der Waals surface area contributed by atoms with Gasteiger partial charge in [-0.2, -0.15) is 0 Å². The van der Waals surface area contributed by atoms with Crippen LogP contribution in [0.5, 0.6) is 0 Å². The van der Waals surface area contributed by atoms with Gasteiger partial charge in [-0.05, 0) is 74.0 Å². The standard InChI is InChI=1S/C38H56O11/c1-18-13-38(30-35(7,48-30)31(43-8)49-38)47-21-14-33(5)23-10-9-22-32(3,4)24(46-29-28(42)27(41)20(40)16-44-29)11-12-36(22)17-37(23,36)15-25(45-19(2)39)34(33,6)26(18)21/h10,18,20-22,24-31,40-42H,9,11-17H2,1-8H3. The van der Waals surface area contributed by atoms with Crippen LogP contribution in [0.2, 0.25) is 0 Å². The molecule has 0 aromatic heterocycles. The van der Waals surface area contributed by atoms with Crippen LogP contribution in [0, 0.1) is 44.8 Å². The molecule has 4 saturated heterocycles. The minimum absolute atomic E-state index is 0.0519. The van der Waals surface area contributed by atoms with E-state index >= 15 is 0 Å². The molecule has 0 amide bonds. The van der Waals surface area contributed by atoms with Crippen LogP contribution in [0.4, 0.5) is 0 Å². The minimum atomic E-state index is -1.31. The second-order valence-electron chi connectivity index (χ2n) is 18.7. The summed E-state index contributed by atoms with van der Waals surface area (Å²) in [7, 11) is 1.66. The fraction of sp³-hybridized carbons (Fsp3) is 0.921. The maximum atomic E-state index is 12.9. The maximum absolute atomic E-state index is 12.9. The predicted octanol–water partition coefficient (Wildman–Crippen LogP) is 3.60. The molecule has 0 bridgehead atoms. The summed E-state index contributed by atoms with van der Waals surface area (Å²) >= 11 is 0. The van der Waals surface area contributed by atoms with Crippen LogP contribution in [-0.4, -0.2) is 102 Å². The number of carbonyl (C=O) groups excluding carboxylic acids is 1. The molecule has 11 heteroatoms. The van der Waals surface area contributed by atoms with Gasteiger partial charge in [0.1, 0.15) is 36.1 Å². The summed E-state index contributed by atoms with van der Waals surface area (Å²) in [5.41, 5.74) is 0.173. The second-order valence-corrected chi connectivity index (χ2v) is 18.7. The number of aliphatic hydroxyl groups is 3. The van der Waals surface area contributed by atoms with Crippen LogP contribution in [0.1, 0.15) is 93.4 Å². The highest BCUT2D eigenvalue weighted by Crippen LogP contribution is 2.88. The minimum Gasteiger partial charge on any atom is -0.462 e. The number of hydrogen-bond donors (Lipinski definition) is 3. The van der Waals surface area contributed by atoms with Crippen molar-refractivity contribution in [2.24, 2.45) is 44.8 Å². The van der Waals surface area contributed by atoms with Crippen molar-refractivity contribution in [1.82, 2.24) is 0 Å². The molecule has 9 aliphatic rings. The van der Waals surface area contributed by atoms with E-state index in [0.717, 1.165) is 38.5 Å². The fourth-order valence-electron chi connectivity index (χ4n) is 14.0. The molecule has 0 aromatic carbocycles. The number of carbonyl (C=O) groups is 1. The van der Waals surface area contributed by atoms with Gasteiger partial charge in [0.25, 0.3) is 0 Å². The third-order valence-electron chi connectivity index (χ3n) is 16.3. The fourth-order valence-corrected chi connectivity index (χ4v) is 14.0. The maximum Gasteiger partial charge on any atom is 0.302 e. The van der Waals surface area contributed by atoms with E-state index in [2.05, 4.69) is 40.7 Å². The highest BCUT2D eigenvalue weighted by Gasteiger charge is 2.85. The summed E-state index contributed by atoms with van der Waals surface area (Å²) in [4.78, 5) is 12.9. The van der Waals surface area contributed by atoms with Crippen molar-refractivity contribution in [1.29, 1.82) is 0 Å². The highest BCUT2D eigenvalue weighted by molar-refractivity contribution is 5.66. The van der Waals surface area contributed by atoms with Crippen LogP contribution in [0.3, 0.4) is 0 Å². The Labute approximate surface area is 289 Å². The lowest BCUT2D eigenvalue weighted by Crippen LogP contribution is -2.61. The first-order chi connectivity index (χ1) is 22.9. The molecule has 9 rings (SSSR count). The van der Waals surface area contributed by atoms with E-state index in [9.17, 15) is 20.1 Å². The first-order valence-corrected chi connectivity index (χ1v) is 18.7. The first kappa shape index (κ1) is 33.7. The smallest absolute Gasteiger partial charge is 0.302 e. The first-order valence-electron chi connectivity index (χ1n) is 18.7. The molecule has 3 spiro atoms. The number of methoxy groups -OCH3 is 1. The predicted molar refractivity (Wildman–Crippen MR) is 172 cm³/mol. The lowest BCUT2D eigenvalue weighted by molar-refractivity contribution is -0.349. The van der Waals surface area contributed by atoms with Crippen molar-refractivity contribution in [3.8, 4) is 0 Å². The van der Waals surface area contributed by atoms with E-state index < -0.39 is 42.3 Å². The van der Waals surface area contributed by atoms with E-state index in [0.29, 0.717) is 12.3 Å². The molecule has 0 radical (unpaired) electrons. The van der Waals surface area contributed by atoms with Crippen LogP contribution < -0.4 is 0 Å². The topological polar surface area (TPSA) is 146 Å². The molecule has 4 saturated carbocycles. The molecule has 4 aliphatic heterocycles. The Morgan fingerprint density at radius 3 is 2.43 bits per heavy atom. The van der Waals surface area contributed by atoms with E-state index in [-0.39, 0.29) is 75.9 Å². The number of ether oxygens (including phenoxy) is 7. The van der Waals surface area contributed by atoms with Crippen LogP contribution in [0.15, 0.2) is 11.6 Å². The largest absolute Gasteiger partial charge is 0.462 e. The van der Waals surface area contributed by atoms with Crippen molar-refractivity contribution in [2.75, 3.05) is 13.7 Å². The summed E-state index contributed by atoms with van der Waals surface area (Å²) in [6.07, 6.45) is 2.72. The average Bonchev–Trinajstić information content (AvgIpc) is 3.86. The number of rotatable bonds is 4. The van der Waals surface area contributed by atoms with Crippen molar-refractivity contribution in [2.45, 2.75) is 160 Å². The number of esters is 1. The SMILES string of the molecule is COC1OC2(CC(C)C3C(CC4(C)C5=CCC6C(C)(C)C(OC7OCC(O)C(O)C7O)CCC67CC57CC(OC(C)=O)C34C)O2)C2OC12C. The Kier molecular flexibility index (Phi) is 6.93. The van der Waals surface area contributed by atoms with Gasteiger partial charge >= 0.3 is 5.97 Å². The molecular formula is C38H56O11.